The minimum absolute atomic E-state index is 0.118. The standard InChI is InChI=1S/C16H21ClN6O3S2/c1-11(27-16-19-20-21-22(16)2)15(24)18-14-10-12(6-7-13(14)17)28(25,26)23-8-4-3-5-9-23/h6-7,10-11H,3-5,8-9H2,1-2H3,(H,18,24)/t11-/m1/s1. The van der Waals surface area contributed by atoms with Crippen LogP contribution >= 0.6 is 23.4 Å². The van der Waals surface area contributed by atoms with Crippen LogP contribution in [-0.4, -0.2) is 57.2 Å². The summed E-state index contributed by atoms with van der Waals surface area (Å²) in [6.07, 6.45) is 2.73. The van der Waals surface area contributed by atoms with E-state index in [0.717, 1.165) is 19.3 Å². The number of sulfonamides is 1. The fourth-order valence-electron chi connectivity index (χ4n) is 2.78. The number of aromatic nitrogens is 4. The first kappa shape index (κ1) is 21.0. The highest BCUT2D eigenvalue weighted by molar-refractivity contribution is 8.00. The van der Waals surface area contributed by atoms with Crippen molar-refractivity contribution >= 4 is 45.0 Å². The van der Waals surface area contributed by atoms with Gasteiger partial charge in [-0.25, -0.2) is 13.1 Å². The third kappa shape index (κ3) is 4.65. The van der Waals surface area contributed by atoms with Crippen molar-refractivity contribution < 1.29 is 13.2 Å². The Kier molecular flexibility index (Phi) is 6.58. The van der Waals surface area contributed by atoms with E-state index in [1.54, 1.807) is 14.0 Å². The number of halogens is 1. The van der Waals surface area contributed by atoms with Gasteiger partial charge in [0.1, 0.15) is 0 Å². The molecule has 0 aliphatic carbocycles. The van der Waals surface area contributed by atoms with Gasteiger partial charge in [0.25, 0.3) is 0 Å². The molecule has 28 heavy (non-hydrogen) atoms. The van der Waals surface area contributed by atoms with Crippen LogP contribution < -0.4 is 5.32 Å². The number of amides is 1. The van der Waals surface area contributed by atoms with Crippen molar-refractivity contribution in [3.8, 4) is 0 Å². The second-order valence-electron chi connectivity index (χ2n) is 6.44. The summed E-state index contributed by atoms with van der Waals surface area (Å²) in [5.41, 5.74) is 0.258. The number of hydrogen-bond acceptors (Lipinski definition) is 7. The van der Waals surface area contributed by atoms with Gasteiger partial charge in [-0.15, -0.1) is 5.10 Å². The summed E-state index contributed by atoms with van der Waals surface area (Å²) in [7, 11) is -1.94. The van der Waals surface area contributed by atoms with Crippen LogP contribution in [0.15, 0.2) is 28.3 Å². The Bertz CT molecular complexity index is 959. The third-order valence-corrected chi connectivity index (χ3v) is 7.73. The van der Waals surface area contributed by atoms with Crippen molar-refractivity contribution in [2.24, 2.45) is 7.05 Å². The van der Waals surface area contributed by atoms with Crippen LogP contribution in [0.4, 0.5) is 5.69 Å². The molecule has 1 fully saturated rings. The Hall–Kier alpha value is -1.69. The van der Waals surface area contributed by atoms with Gasteiger partial charge < -0.3 is 5.32 Å². The zero-order valence-electron chi connectivity index (χ0n) is 15.5. The molecule has 1 aliphatic heterocycles. The first-order valence-corrected chi connectivity index (χ1v) is 11.5. The Labute approximate surface area is 172 Å². The van der Waals surface area contributed by atoms with E-state index in [9.17, 15) is 13.2 Å². The summed E-state index contributed by atoms with van der Waals surface area (Å²) in [6.45, 7) is 2.72. The minimum atomic E-state index is -3.62. The predicted molar refractivity (Wildman–Crippen MR) is 107 cm³/mol. The number of aryl methyl sites for hydroxylation is 1. The van der Waals surface area contributed by atoms with E-state index in [-0.39, 0.29) is 21.5 Å². The fourth-order valence-corrected chi connectivity index (χ4v) is 5.25. The average molecular weight is 445 g/mol. The van der Waals surface area contributed by atoms with Crippen LogP contribution in [0.3, 0.4) is 0 Å². The SMILES string of the molecule is C[C@@H](Sc1nnnn1C)C(=O)Nc1cc(S(=O)(=O)N2CCCCC2)ccc1Cl. The molecule has 9 nitrogen and oxygen atoms in total. The van der Waals surface area contributed by atoms with Crippen LogP contribution in [-0.2, 0) is 21.9 Å². The molecule has 1 amide bonds. The topological polar surface area (TPSA) is 110 Å². The molecule has 0 saturated carbocycles. The molecule has 0 bridgehead atoms. The lowest BCUT2D eigenvalue weighted by atomic mass is 10.2. The summed E-state index contributed by atoms with van der Waals surface area (Å²) in [5.74, 6) is -0.331. The molecule has 2 heterocycles. The van der Waals surface area contributed by atoms with E-state index in [1.165, 1.54) is 38.9 Å². The van der Waals surface area contributed by atoms with E-state index in [0.29, 0.717) is 18.2 Å². The highest BCUT2D eigenvalue weighted by atomic mass is 35.5. The highest BCUT2D eigenvalue weighted by Gasteiger charge is 2.27. The summed E-state index contributed by atoms with van der Waals surface area (Å²) in [6, 6.07) is 4.36. The molecule has 1 atom stereocenters. The van der Waals surface area contributed by atoms with Gasteiger partial charge in [-0.2, -0.15) is 4.31 Å². The maximum Gasteiger partial charge on any atom is 0.243 e. The highest BCUT2D eigenvalue weighted by Crippen LogP contribution is 2.29. The smallest absolute Gasteiger partial charge is 0.243 e. The van der Waals surface area contributed by atoms with Gasteiger partial charge in [0.05, 0.1) is 20.9 Å². The molecule has 12 heteroatoms. The fraction of sp³-hybridized carbons (Fsp3) is 0.500. The molecular formula is C16H21ClN6O3S2. The number of thioether (sulfide) groups is 1. The van der Waals surface area contributed by atoms with E-state index in [2.05, 4.69) is 20.8 Å². The van der Waals surface area contributed by atoms with Crippen LogP contribution in [0.2, 0.25) is 5.02 Å². The Morgan fingerprint density at radius 2 is 2.00 bits per heavy atom. The molecule has 1 saturated heterocycles. The van der Waals surface area contributed by atoms with E-state index >= 15 is 0 Å². The quantitative estimate of drug-likeness (QED) is 0.679. The van der Waals surface area contributed by atoms with Crippen molar-refractivity contribution in [1.29, 1.82) is 0 Å². The van der Waals surface area contributed by atoms with Crippen LogP contribution in [0, 0.1) is 0 Å². The number of rotatable bonds is 6. The summed E-state index contributed by atoms with van der Waals surface area (Å²) in [4.78, 5) is 12.7. The number of hydrogen-bond donors (Lipinski definition) is 1. The second-order valence-corrected chi connectivity index (χ2v) is 10.1. The van der Waals surface area contributed by atoms with Crippen molar-refractivity contribution in [1.82, 2.24) is 24.5 Å². The first-order chi connectivity index (χ1) is 13.3. The van der Waals surface area contributed by atoms with Crippen LogP contribution in [0.1, 0.15) is 26.2 Å². The number of nitrogens with zero attached hydrogens (tertiary/aromatic N) is 5. The zero-order chi connectivity index (χ0) is 20.3. The van der Waals surface area contributed by atoms with E-state index < -0.39 is 15.3 Å². The number of tetrazole rings is 1. The lowest BCUT2D eigenvalue weighted by Gasteiger charge is -2.26. The maximum atomic E-state index is 12.9. The Balaban J connectivity index is 1.76. The van der Waals surface area contributed by atoms with E-state index in [4.69, 9.17) is 11.6 Å². The largest absolute Gasteiger partial charge is 0.324 e. The predicted octanol–water partition coefficient (Wildman–Crippen LogP) is 2.16. The number of carbonyl (C=O) groups excluding carboxylic acids is 1. The molecule has 152 valence electrons. The van der Waals surface area contributed by atoms with E-state index in [1.807, 2.05) is 0 Å². The van der Waals surface area contributed by atoms with Gasteiger partial charge >= 0.3 is 0 Å². The first-order valence-electron chi connectivity index (χ1n) is 8.78. The zero-order valence-corrected chi connectivity index (χ0v) is 17.9. The molecule has 2 aromatic rings. The molecule has 1 aromatic carbocycles. The lowest BCUT2D eigenvalue weighted by Crippen LogP contribution is -2.35. The molecular weight excluding hydrogens is 424 g/mol. The van der Waals surface area contributed by atoms with Crippen molar-refractivity contribution in [3.63, 3.8) is 0 Å². The van der Waals surface area contributed by atoms with Gasteiger partial charge in [0.2, 0.25) is 21.1 Å². The van der Waals surface area contributed by atoms with Gasteiger partial charge in [-0.05, 0) is 48.4 Å². The molecule has 1 N–H and O–H groups in total. The average Bonchev–Trinajstić information content (AvgIpc) is 3.08. The Morgan fingerprint density at radius 1 is 1.29 bits per heavy atom. The number of anilines is 1. The van der Waals surface area contributed by atoms with Crippen molar-refractivity contribution in [2.45, 2.75) is 41.5 Å². The van der Waals surface area contributed by atoms with Crippen molar-refractivity contribution in [2.75, 3.05) is 18.4 Å². The lowest BCUT2D eigenvalue weighted by molar-refractivity contribution is -0.115. The summed E-state index contributed by atoms with van der Waals surface area (Å²) >= 11 is 7.37. The minimum Gasteiger partial charge on any atom is -0.324 e. The van der Waals surface area contributed by atoms with Gasteiger partial charge in [-0.3, -0.25) is 4.79 Å². The molecule has 1 aliphatic rings. The third-order valence-electron chi connectivity index (χ3n) is 4.38. The van der Waals surface area contributed by atoms with Gasteiger partial charge in [-0.1, -0.05) is 29.8 Å². The van der Waals surface area contributed by atoms with Gasteiger partial charge in [0.15, 0.2) is 0 Å². The maximum absolute atomic E-state index is 12.9. The molecule has 1 aromatic heterocycles. The number of nitrogens with one attached hydrogen (secondary N) is 1. The van der Waals surface area contributed by atoms with Crippen LogP contribution in [0.25, 0.3) is 0 Å². The molecule has 0 radical (unpaired) electrons. The summed E-state index contributed by atoms with van der Waals surface area (Å²) in [5, 5.41) is 14.0. The van der Waals surface area contributed by atoms with Crippen molar-refractivity contribution in [3.05, 3.63) is 23.2 Å². The monoisotopic (exact) mass is 444 g/mol. The normalized spacial score (nSPS) is 16.7. The number of carbonyl (C=O) groups is 1. The van der Waals surface area contributed by atoms with Crippen LogP contribution in [0.5, 0.6) is 0 Å². The Morgan fingerprint density at radius 3 is 2.64 bits per heavy atom. The van der Waals surface area contributed by atoms with Gasteiger partial charge in [0, 0.05) is 20.1 Å². The molecule has 3 rings (SSSR count). The number of piperidine rings is 1. The summed E-state index contributed by atoms with van der Waals surface area (Å²) < 4.78 is 28.7. The molecule has 0 spiro atoms. The number of benzene rings is 1. The molecule has 0 unspecified atom stereocenters. The second kappa shape index (κ2) is 8.76.